The molecule has 4 heteroatoms. The zero-order valence-corrected chi connectivity index (χ0v) is 9.50. The fourth-order valence-corrected chi connectivity index (χ4v) is 1.47. The molecule has 84 valence electrons. The van der Waals surface area contributed by atoms with Crippen LogP contribution < -0.4 is 5.32 Å². The van der Waals surface area contributed by atoms with Gasteiger partial charge < -0.3 is 15.2 Å². The third kappa shape index (κ3) is 4.62. The Hall–Kier alpha value is -0.610. The first-order valence-electron chi connectivity index (χ1n) is 4.85. The highest BCUT2D eigenvalue weighted by Crippen LogP contribution is 2.14. The van der Waals surface area contributed by atoms with Gasteiger partial charge >= 0.3 is 0 Å². The Morgan fingerprint density at radius 2 is 2.20 bits per heavy atom. The Morgan fingerprint density at radius 3 is 2.87 bits per heavy atom. The monoisotopic (exact) mass is 229 g/mol. The molecule has 1 atom stereocenters. The number of benzene rings is 1. The molecule has 0 radical (unpaired) electrons. The maximum absolute atomic E-state index is 9.38. The van der Waals surface area contributed by atoms with Crippen LogP contribution in [0, 0.1) is 0 Å². The van der Waals surface area contributed by atoms with Crippen molar-refractivity contribution in [3.63, 3.8) is 0 Å². The standard InChI is InChI=1S/C11H16ClNO2/c1-15-8-10(14)7-13-6-9-4-2-3-5-11(9)12/h2-5,10,13-14H,6-8H2,1H3. The second-order valence-corrected chi connectivity index (χ2v) is 3.74. The van der Waals surface area contributed by atoms with E-state index >= 15 is 0 Å². The van der Waals surface area contributed by atoms with Crippen LogP contribution >= 0.6 is 11.6 Å². The molecular weight excluding hydrogens is 214 g/mol. The summed E-state index contributed by atoms with van der Waals surface area (Å²) >= 11 is 5.97. The second kappa shape index (κ2) is 6.80. The third-order valence-electron chi connectivity index (χ3n) is 2.01. The van der Waals surface area contributed by atoms with E-state index in [1.165, 1.54) is 0 Å². The SMILES string of the molecule is COCC(O)CNCc1ccccc1Cl. The summed E-state index contributed by atoms with van der Waals surface area (Å²) in [5.74, 6) is 0. The van der Waals surface area contributed by atoms with Crippen molar-refractivity contribution in [3.05, 3.63) is 34.9 Å². The quantitative estimate of drug-likeness (QED) is 0.776. The van der Waals surface area contributed by atoms with Gasteiger partial charge in [-0.15, -0.1) is 0 Å². The number of aliphatic hydroxyl groups excluding tert-OH is 1. The lowest BCUT2D eigenvalue weighted by molar-refractivity contribution is 0.0644. The van der Waals surface area contributed by atoms with Gasteiger partial charge in [0.05, 0.1) is 12.7 Å². The van der Waals surface area contributed by atoms with Gasteiger partial charge in [-0.3, -0.25) is 0 Å². The number of ether oxygens (including phenoxy) is 1. The first kappa shape index (κ1) is 12.5. The van der Waals surface area contributed by atoms with Crippen LogP contribution in [0.3, 0.4) is 0 Å². The predicted octanol–water partition coefficient (Wildman–Crippen LogP) is 1.44. The minimum Gasteiger partial charge on any atom is -0.389 e. The zero-order chi connectivity index (χ0) is 11.1. The average molecular weight is 230 g/mol. The summed E-state index contributed by atoms with van der Waals surface area (Å²) in [5, 5.41) is 13.2. The lowest BCUT2D eigenvalue weighted by Gasteiger charge is -2.11. The van der Waals surface area contributed by atoms with E-state index in [-0.39, 0.29) is 0 Å². The molecule has 0 aliphatic carbocycles. The summed E-state index contributed by atoms with van der Waals surface area (Å²) in [7, 11) is 1.57. The summed E-state index contributed by atoms with van der Waals surface area (Å²) in [6.45, 7) is 1.50. The van der Waals surface area contributed by atoms with Crippen LogP contribution in [0.2, 0.25) is 5.02 Å². The number of rotatable bonds is 6. The summed E-state index contributed by atoms with van der Waals surface area (Å²) in [6.07, 6.45) is -0.475. The van der Waals surface area contributed by atoms with Gasteiger partial charge in [-0.25, -0.2) is 0 Å². The zero-order valence-electron chi connectivity index (χ0n) is 8.74. The van der Waals surface area contributed by atoms with Crippen molar-refractivity contribution in [2.75, 3.05) is 20.3 Å². The van der Waals surface area contributed by atoms with Gasteiger partial charge in [0.15, 0.2) is 0 Å². The summed E-state index contributed by atoms with van der Waals surface area (Å²) < 4.78 is 4.81. The maximum atomic E-state index is 9.38. The molecule has 1 aromatic rings. The maximum Gasteiger partial charge on any atom is 0.0897 e. The molecule has 2 N–H and O–H groups in total. The van der Waals surface area contributed by atoms with Crippen molar-refractivity contribution < 1.29 is 9.84 Å². The molecule has 1 unspecified atom stereocenters. The van der Waals surface area contributed by atoms with E-state index in [1.54, 1.807) is 7.11 Å². The first-order valence-corrected chi connectivity index (χ1v) is 5.23. The Labute approximate surface area is 95.0 Å². The van der Waals surface area contributed by atoms with Gasteiger partial charge in [-0.2, -0.15) is 0 Å². The Kier molecular flexibility index (Phi) is 5.65. The molecule has 0 aliphatic rings. The number of halogens is 1. The number of nitrogens with one attached hydrogen (secondary N) is 1. The normalized spacial score (nSPS) is 12.7. The van der Waals surface area contributed by atoms with Crippen LogP contribution in [-0.2, 0) is 11.3 Å². The van der Waals surface area contributed by atoms with Crippen LogP contribution in [0.5, 0.6) is 0 Å². The Morgan fingerprint density at radius 1 is 1.47 bits per heavy atom. The molecule has 0 bridgehead atoms. The van der Waals surface area contributed by atoms with Crippen LogP contribution in [0.4, 0.5) is 0 Å². The summed E-state index contributed by atoms with van der Waals surface area (Å²) in [4.78, 5) is 0. The molecule has 15 heavy (non-hydrogen) atoms. The van der Waals surface area contributed by atoms with Gasteiger partial charge in [-0.05, 0) is 11.6 Å². The molecule has 1 aromatic carbocycles. The molecule has 0 fully saturated rings. The van der Waals surface area contributed by atoms with Crippen molar-refractivity contribution in [1.82, 2.24) is 5.32 Å². The van der Waals surface area contributed by atoms with Crippen LogP contribution in [0.25, 0.3) is 0 Å². The molecule has 0 amide bonds. The molecule has 3 nitrogen and oxygen atoms in total. The fourth-order valence-electron chi connectivity index (χ4n) is 1.27. The van der Waals surface area contributed by atoms with Gasteiger partial charge in [0, 0.05) is 25.2 Å². The van der Waals surface area contributed by atoms with E-state index in [2.05, 4.69) is 5.32 Å². The van der Waals surface area contributed by atoms with Crippen LogP contribution in [0.15, 0.2) is 24.3 Å². The van der Waals surface area contributed by atoms with Gasteiger partial charge in [-0.1, -0.05) is 29.8 Å². The fraction of sp³-hybridized carbons (Fsp3) is 0.455. The van der Waals surface area contributed by atoms with Crippen molar-refractivity contribution >= 4 is 11.6 Å². The van der Waals surface area contributed by atoms with E-state index in [4.69, 9.17) is 16.3 Å². The molecule has 1 rings (SSSR count). The minimum atomic E-state index is -0.475. The second-order valence-electron chi connectivity index (χ2n) is 3.33. The van der Waals surface area contributed by atoms with E-state index in [9.17, 15) is 5.11 Å². The molecule has 0 heterocycles. The highest BCUT2D eigenvalue weighted by Gasteiger charge is 2.03. The number of hydrogen-bond acceptors (Lipinski definition) is 3. The summed E-state index contributed by atoms with van der Waals surface area (Å²) in [6, 6.07) is 7.64. The van der Waals surface area contributed by atoms with Crippen LogP contribution in [-0.4, -0.2) is 31.5 Å². The first-order chi connectivity index (χ1) is 7.24. The molecular formula is C11H16ClNO2. The van der Waals surface area contributed by atoms with Gasteiger partial charge in [0.1, 0.15) is 0 Å². The molecule has 0 spiro atoms. The lowest BCUT2D eigenvalue weighted by atomic mass is 10.2. The number of hydrogen-bond donors (Lipinski definition) is 2. The topological polar surface area (TPSA) is 41.5 Å². The Balaban J connectivity index is 2.29. The largest absolute Gasteiger partial charge is 0.389 e. The Bertz CT molecular complexity index is 294. The van der Waals surface area contributed by atoms with E-state index in [0.717, 1.165) is 10.6 Å². The minimum absolute atomic E-state index is 0.343. The van der Waals surface area contributed by atoms with Crippen LogP contribution in [0.1, 0.15) is 5.56 Å². The highest BCUT2D eigenvalue weighted by molar-refractivity contribution is 6.31. The van der Waals surface area contributed by atoms with Crippen molar-refractivity contribution in [3.8, 4) is 0 Å². The van der Waals surface area contributed by atoms with E-state index < -0.39 is 6.10 Å². The molecule has 0 aromatic heterocycles. The number of methoxy groups -OCH3 is 1. The summed E-state index contributed by atoms with van der Waals surface area (Å²) in [5.41, 5.74) is 1.03. The average Bonchev–Trinajstić information content (AvgIpc) is 2.21. The third-order valence-corrected chi connectivity index (χ3v) is 2.38. The molecule has 0 aliphatic heterocycles. The smallest absolute Gasteiger partial charge is 0.0897 e. The van der Waals surface area contributed by atoms with Gasteiger partial charge in [0.25, 0.3) is 0 Å². The van der Waals surface area contributed by atoms with Crippen molar-refractivity contribution in [2.45, 2.75) is 12.6 Å². The molecule has 0 saturated heterocycles. The number of aliphatic hydroxyl groups is 1. The predicted molar refractivity (Wildman–Crippen MR) is 61.0 cm³/mol. The van der Waals surface area contributed by atoms with E-state index in [0.29, 0.717) is 19.7 Å². The van der Waals surface area contributed by atoms with Gasteiger partial charge in [0.2, 0.25) is 0 Å². The van der Waals surface area contributed by atoms with Crippen molar-refractivity contribution in [2.24, 2.45) is 0 Å². The van der Waals surface area contributed by atoms with E-state index in [1.807, 2.05) is 24.3 Å². The molecule has 0 saturated carbocycles. The van der Waals surface area contributed by atoms with Crippen molar-refractivity contribution in [1.29, 1.82) is 0 Å². The highest BCUT2D eigenvalue weighted by atomic mass is 35.5. The lowest BCUT2D eigenvalue weighted by Crippen LogP contribution is -2.29.